The fourth-order valence-corrected chi connectivity index (χ4v) is 2.47. The number of carbonyl (C=O) groups excluding carboxylic acids is 1. The van der Waals surface area contributed by atoms with Crippen LogP contribution in [0.25, 0.3) is 0 Å². The molecule has 1 saturated heterocycles. The van der Waals surface area contributed by atoms with E-state index in [4.69, 9.17) is 10.00 Å². The number of likely N-dealkylation sites (tertiary alicyclic amines) is 1. The SMILES string of the molecule is CC(C)(C)OC(=O)N1CCC(F)(F)[C@@H](c2ccnc(C#N)c2)C1. The maximum absolute atomic E-state index is 14.3. The largest absolute Gasteiger partial charge is 0.444 e. The second-order valence-corrected chi connectivity index (χ2v) is 6.58. The molecule has 0 spiro atoms. The summed E-state index contributed by atoms with van der Waals surface area (Å²) in [6.07, 6.45) is 0.282. The average molecular weight is 323 g/mol. The third kappa shape index (κ3) is 4.15. The highest BCUT2D eigenvalue weighted by Crippen LogP contribution is 2.40. The third-order valence-electron chi connectivity index (χ3n) is 3.58. The van der Waals surface area contributed by atoms with Crippen LogP contribution in [0.2, 0.25) is 0 Å². The number of aromatic nitrogens is 1. The van der Waals surface area contributed by atoms with Crippen LogP contribution in [0.5, 0.6) is 0 Å². The van der Waals surface area contributed by atoms with E-state index in [2.05, 4.69) is 4.98 Å². The Morgan fingerprint density at radius 1 is 1.52 bits per heavy atom. The standard InChI is InChI=1S/C16H19F2N3O2/c1-15(2,3)23-14(22)21-7-5-16(17,18)13(10-21)11-4-6-20-12(8-11)9-19/h4,6,8,13H,5,7,10H2,1-3H3/t13-/m1/s1. The number of hydrogen-bond donors (Lipinski definition) is 0. The molecule has 7 heteroatoms. The molecule has 0 N–H and O–H groups in total. The van der Waals surface area contributed by atoms with Crippen molar-refractivity contribution in [3.05, 3.63) is 29.6 Å². The number of pyridine rings is 1. The second kappa shape index (κ2) is 6.11. The van der Waals surface area contributed by atoms with Crippen LogP contribution in [-0.4, -0.2) is 40.6 Å². The maximum Gasteiger partial charge on any atom is 0.410 e. The van der Waals surface area contributed by atoms with E-state index < -0.39 is 30.0 Å². The lowest BCUT2D eigenvalue weighted by molar-refractivity contribution is -0.0771. The number of piperidine rings is 1. The van der Waals surface area contributed by atoms with Gasteiger partial charge in [0.05, 0.1) is 5.92 Å². The molecular formula is C16H19F2N3O2. The highest BCUT2D eigenvalue weighted by molar-refractivity contribution is 5.68. The smallest absolute Gasteiger partial charge is 0.410 e. The average Bonchev–Trinajstić information content (AvgIpc) is 2.45. The van der Waals surface area contributed by atoms with Crippen LogP contribution in [-0.2, 0) is 4.74 Å². The lowest BCUT2D eigenvalue weighted by Gasteiger charge is -2.39. The molecule has 0 aromatic carbocycles. The van der Waals surface area contributed by atoms with E-state index in [9.17, 15) is 13.6 Å². The van der Waals surface area contributed by atoms with E-state index in [1.54, 1.807) is 20.8 Å². The Bertz CT molecular complexity index is 635. The number of ether oxygens (including phenoxy) is 1. The Labute approximate surface area is 133 Å². The lowest BCUT2D eigenvalue weighted by Crippen LogP contribution is -2.49. The maximum atomic E-state index is 14.3. The lowest BCUT2D eigenvalue weighted by atomic mass is 9.87. The van der Waals surface area contributed by atoms with Crippen LogP contribution < -0.4 is 0 Å². The van der Waals surface area contributed by atoms with Gasteiger partial charge in [-0.25, -0.2) is 18.6 Å². The molecule has 2 heterocycles. The van der Waals surface area contributed by atoms with Gasteiger partial charge in [-0.2, -0.15) is 5.26 Å². The molecule has 1 aromatic heterocycles. The van der Waals surface area contributed by atoms with Gasteiger partial charge in [-0.3, -0.25) is 0 Å². The molecule has 0 unspecified atom stereocenters. The molecule has 1 aliphatic rings. The minimum atomic E-state index is -2.95. The first-order chi connectivity index (χ1) is 10.6. The summed E-state index contributed by atoms with van der Waals surface area (Å²) in [5.41, 5.74) is -0.306. The molecule has 1 fully saturated rings. The first kappa shape index (κ1) is 17.1. The quantitative estimate of drug-likeness (QED) is 0.795. The van der Waals surface area contributed by atoms with Gasteiger partial charge >= 0.3 is 6.09 Å². The predicted octanol–water partition coefficient (Wildman–Crippen LogP) is 3.31. The van der Waals surface area contributed by atoms with Crippen LogP contribution >= 0.6 is 0 Å². The molecule has 1 aliphatic heterocycles. The normalized spacial score (nSPS) is 20.7. The number of alkyl halides is 2. The highest BCUT2D eigenvalue weighted by Gasteiger charge is 2.46. The van der Waals surface area contributed by atoms with Crippen molar-refractivity contribution in [2.45, 2.75) is 44.6 Å². The van der Waals surface area contributed by atoms with Gasteiger partial charge in [-0.05, 0) is 38.5 Å². The Kier molecular flexibility index (Phi) is 4.55. The van der Waals surface area contributed by atoms with E-state index in [0.717, 1.165) is 0 Å². The Morgan fingerprint density at radius 2 is 2.22 bits per heavy atom. The third-order valence-corrected chi connectivity index (χ3v) is 3.58. The van der Waals surface area contributed by atoms with Crippen LogP contribution in [0.4, 0.5) is 13.6 Å². The van der Waals surface area contributed by atoms with E-state index in [1.807, 2.05) is 6.07 Å². The van der Waals surface area contributed by atoms with E-state index in [1.165, 1.54) is 23.2 Å². The fraction of sp³-hybridized carbons (Fsp3) is 0.562. The minimum Gasteiger partial charge on any atom is -0.444 e. The molecule has 0 aliphatic carbocycles. The fourth-order valence-electron chi connectivity index (χ4n) is 2.47. The molecule has 5 nitrogen and oxygen atoms in total. The second-order valence-electron chi connectivity index (χ2n) is 6.58. The van der Waals surface area contributed by atoms with Crippen LogP contribution in [0, 0.1) is 11.3 Å². The summed E-state index contributed by atoms with van der Waals surface area (Å²) in [7, 11) is 0. The van der Waals surface area contributed by atoms with Gasteiger partial charge in [0.15, 0.2) is 0 Å². The van der Waals surface area contributed by atoms with Gasteiger partial charge in [-0.15, -0.1) is 0 Å². The van der Waals surface area contributed by atoms with Crippen molar-refractivity contribution in [1.29, 1.82) is 5.26 Å². The van der Waals surface area contributed by atoms with Gasteiger partial charge < -0.3 is 9.64 Å². The summed E-state index contributed by atoms with van der Waals surface area (Å²) in [5.74, 6) is -4.13. The monoisotopic (exact) mass is 323 g/mol. The number of hydrogen-bond acceptors (Lipinski definition) is 4. The molecular weight excluding hydrogens is 304 g/mol. The molecule has 124 valence electrons. The van der Waals surface area contributed by atoms with Crippen molar-refractivity contribution in [2.24, 2.45) is 0 Å². The zero-order chi connectivity index (χ0) is 17.3. The first-order valence-electron chi connectivity index (χ1n) is 7.34. The van der Waals surface area contributed by atoms with E-state index >= 15 is 0 Å². The number of rotatable bonds is 1. The zero-order valence-corrected chi connectivity index (χ0v) is 13.3. The highest BCUT2D eigenvalue weighted by atomic mass is 19.3. The van der Waals surface area contributed by atoms with Crippen molar-refractivity contribution in [3.63, 3.8) is 0 Å². The van der Waals surface area contributed by atoms with Crippen molar-refractivity contribution >= 4 is 6.09 Å². The van der Waals surface area contributed by atoms with Gasteiger partial charge in [0.25, 0.3) is 5.92 Å². The van der Waals surface area contributed by atoms with Gasteiger partial charge in [0, 0.05) is 25.7 Å². The topological polar surface area (TPSA) is 66.2 Å². The minimum absolute atomic E-state index is 0.0609. The van der Waals surface area contributed by atoms with Crippen LogP contribution in [0.3, 0.4) is 0 Å². The zero-order valence-electron chi connectivity index (χ0n) is 13.3. The number of halogens is 2. The number of nitrogens with zero attached hydrogens (tertiary/aromatic N) is 3. The van der Waals surface area contributed by atoms with Gasteiger partial charge in [0.2, 0.25) is 0 Å². The Hall–Kier alpha value is -2.23. The van der Waals surface area contributed by atoms with Crippen LogP contribution in [0.1, 0.15) is 44.4 Å². The van der Waals surface area contributed by atoms with Crippen molar-refractivity contribution < 1.29 is 18.3 Å². The first-order valence-corrected chi connectivity index (χ1v) is 7.34. The van der Waals surface area contributed by atoms with E-state index in [0.29, 0.717) is 5.56 Å². The summed E-state index contributed by atoms with van der Waals surface area (Å²) >= 11 is 0. The summed E-state index contributed by atoms with van der Waals surface area (Å²) in [6, 6.07) is 4.64. The summed E-state index contributed by atoms with van der Waals surface area (Å²) in [6.45, 7) is 4.96. The number of nitriles is 1. The van der Waals surface area contributed by atoms with Crippen LogP contribution in [0.15, 0.2) is 18.3 Å². The Balaban J connectivity index is 2.23. The van der Waals surface area contributed by atoms with Gasteiger partial charge in [0.1, 0.15) is 17.4 Å². The molecule has 2 rings (SSSR count). The summed E-state index contributed by atoms with van der Waals surface area (Å²) < 4.78 is 33.8. The van der Waals surface area contributed by atoms with Crippen molar-refractivity contribution in [3.8, 4) is 6.07 Å². The Morgan fingerprint density at radius 3 is 2.83 bits per heavy atom. The molecule has 1 atom stereocenters. The van der Waals surface area contributed by atoms with Crippen molar-refractivity contribution in [1.82, 2.24) is 9.88 Å². The predicted molar refractivity (Wildman–Crippen MR) is 79.1 cm³/mol. The molecule has 1 aromatic rings. The van der Waals surface area contributed by atoms with Gasteiger partial charge in [-0.1, -0.05) is 0 Å². The molecule has 0 radical (unpaired) electrons. The summed E-state index contributed by atoms with van der Waals surface area (Å²) in [4.78, 5) is 17.2. The number of carbonyl (C=O) groups is 1. The molecule has 0 saturated carbocycles. The number of amides is 1. The molecule has 1 amide bonds. The molecule has 23 heavy (non-hydrogen) atoms. The molecule has 0 bridgehead atoms. The van der Waals surface area contributed by atoms with Crippen molar-refractivity contribution in [2.75, 3.05) is 13.1 Å². The van der Waals surface area contributed by atoms with E-state index in [-0.39, 0.29) is 18.8 Å². The summed E-state index contributed by atoms with van der Waals surface area (Å²) in [5, 5.41) is 8.87.